The Morgan fingerprint density at radius 1 is 1.45 bits per heavy atom. The summed E-state index contributed by atoms with van der Waals surface area (Å²) in [5.74, 6) is 0. The SMILES string of the molecule is CN(C)C(C)(C)CNc1nc2ccc([N+](=O)[O-])cc2o1. The van der Waals surface area contributed by atoms with Crippen molar-refractivity contribution in [1.29, 1.82) is 0 Å². The number of hydrogen-bond acceptors (Lipinski definition) is 6. The molecule has 0 saturated carbocycles. The summed E-state index contributed by atoms with van der Waals surface area (Å²) in [6.45, 7) is 4.83. The van der Waals surface area contributed by atoms with Crippen molar-refractivity contribution in [2.24, 2.45) is 0 Å². The fraction of sp³-hybridized carbons (Fsp3) is 0.462. The lowest BCUT2D eigenvalue weighted by Gasteiger charge is -2.32. The highest BCUT2D eigenvalue weighted by Crippen LogP contribution is 2.24. The second kappa shape index (κ2) is 5.09. The van der Waals surface area contributed by atoms with Crippen molar-refractivity contribution < 1.29 is 9.34 Å². The lowest BCUT2D eigenvalue weighted by atomic mass is 10.1. The zero-order valence-corrected chi connectivity index (χ0v) is 12.0. The van der Waals surface area contributed by atoms with Gasteiger partial charge in [-0.05, 0) is 34.0 Å². The molecule has 0 saturated heterocycles. The molecule has 0 bridgehead atoms. The Morgan fingerprint density at radius 3 is 2.75 bits per heavy atom. The number of benzene rings is 1. The van der Waals surface area contributed by atoms with Crippen molar-refractivity contribution in [3.8, 4) is 0 Å². The summed E-state index contributed by atoms with van der Waals surface area (Å²) < 4.78 is 5.49. The number of nitro benzene ring substituents is 1. The van der Waals surface area contributed by atoms with Gasteiger partial charge in [0.25, 0.3) is 11.7 Å². The summed E-state index contributed by atoms with van der Waals surface area (Å²) in [5, 5.41) is 13.8. The Kier molecular flexibility index (Phi) is 3.63. The van der Waals surface area contributed by atoms with E-state index in [1.54, 1.807) is 6.07 Å². The van der Waals surface area contributed by atoms with Crippen LogP contribution in [-0.2, 0) is 0 Å². The van der Waals surface area contributed by atoms with Crippen molar-refractivity contribution in [2.75, 3.05) is 26.0 Å². The maximum atomic E-state index is 10.7. The number of nitrogens with zero attached hydrogens (tertiary/aromatic N) is 3. The molecule has 20 heavy (non-hydrogen) atoms. The molecule has 0 unspecified atom stereocenters. The molecule has 2 rings (SSSR count). The second-order valence-electron chi connectivity index (χ2n) is 5.49. The summed E-state index contributed by atoms with van der Waals surface area (Å²) in [5.41, 5.74) is 0.936. The first-order chi connectivity index (χ1) is 9.29. The Hall–Kier alpha value is -2.15. The number of oxazole rings is 1. The van der Waals surface area contributed by atoms with Gasteiger partial charge in [-0.1, -0.05) is 0 Å². The highest BCUT2D eigenvalue weighted by molar-refractivity contribution is 5.77. The third-order valence-electron chi connectivity index (χ3n) is 3.47. The van der Waals surface area contributed by atoms with Gasteiger partial charge in [0, 0.05) is 18.2 Å². The molecule has 0 aliphatic carbocycles. The molecule has 0 aliphatic heterocycles. The molecule has 1 aromatic carbocycles. The molecule has 1 heterocycles. The quantitative estimate of drug-likeness (QED) is 0.668. The van der Waals surface area contributed by atoms with Gasteiger partial charge in [-0.25, -0.2) is 0 Å². The van der Waals surface area contributed by atoms with Gasteiger partial charge in [-0.2, -0.15) is 4.98 Å². The third kappa shape index (κ3) is 2.88. The molecule has 1 N–H and O–H groups in total. The molecule has 1 aromatic heterocycles. The Bertz CT molecular complexity index is 634. The van der Waals surface area contributed by atoms with Crippen molar-refractivity contribution in [2.45, 2.75) is 19.4 Å². The van der Waals surface area contributed by atoms with Crippen LogP contribution >= 0.6 is 0 Å². The largest absolute Gasteiger partial charge is 0.423 e. The van der Waals surface area contributed by atoms with Gasteiger partial charge in [0.15, 0.2) is 5.58 Å². The fourth-order valence-corrected chi connectivity index (χ4v) is 1.55. The molecule has 0 amide bonds. The van der Waals surface area contributed by atoms with Gasteiger partial charge < -0.3 is 14.6 Å². The molecule has 7 heteroatoms. The number of anilines is 1. The van der Waals surface area contributed by atoms with Gasteiger partial charge in [0.2, 0.25) is 0 Å². The maximum Gasteiger partial charge on any atom is 0.295 e. The second-order valence-corrected chi connectivity index (χ2v) is 5.49. The number of fused-ring (bicyclic) bond motifs is 1. The van der Waals surface area contributed by atoms with E-state index in [1.807, 2.05) is 14.1 Å². The summed E-state index contributed by atoms with van der Waals surface area (Å²) in [6.07, 6.45) is 0. The Labute approximate surface area is 116 Å². The minimum absolute atomic E-state index is 0.00572. The smallest absolute Gasteiger partial charge is 0.295 e. The van der Waals surface area contributed by atoms with Crippen LogP contribution in [0.4, 0.5) is 11.7 Å². The van der Waals surface area contributed by atoms with E-state index in [4.69, 9.17) is 4.42 Å². The molecule has 2 aromatic rings. The average Bonchev–Trinajstić information content (AvgIpc) is 2.77. The first-order valence-corrected chi connectivity index (χ1v) is 6.26. The van der Waals surface area contributed by atoms with Gasteiger partial charge in [-0.3, -0.25) is 10.1 Å². The van der Waals surface area contributed by atoms with E-state index in [-0.39, 0.29) is 11.2 Å². The predicted octanol–water partition coefficient (Wildman–Crippen LogP) is 2.49. The predicted molar refractivity (Wildman–Crippen MR) is 76.9 cm³/mol. The standard InChI is InChI=1S/C13H18N4O3/c1-13(2,16(3)4)8-14-12-15-10-6-5-9(17(18)19)7-11(10)20-12/h5-7H,8H2,1-4H3,(H,14,15). The topological polar surface area (TPSA) is 84.4 Å². The minimum Gasteiger partial charge on any atom is -0.423 e. The summed E-state index contributed by atoms with van der Waals surface area (Å²) >= 11 is 0. The number of hydrogen-bond donors (Lipinski definition) is 1. The zero-order valence-electron chi connectivity index (χ0n) is 12.0. The van der Waals surface area contributed by atoms with Crippen LogP contribution in [0.25, 0.3) is 11.1 Å². The van der Waals surface area contributed by atoms with Crippen molar-refractivity contribution in [3.63, 3.8) is 0 Å². The van der Waals surface area contributed by atoms with E-state index in [2.05, 4.69) is 29.0 Å². The molecule has 0 atom stereocenters. The molecule has 0 aliphatic rings. The third-order valence-corrected chi connectivity index (χ3v) is 3.47. The van der Waals surface area contributed by atoms with Crippen LogP contribution in [0.2, 0.25) is 0 Å². The molecular weight excluding hydrogens is 260 g/mol. The number of likely N-dealkylation sites (N-methyl/N-ethyl adjacent to an activating group) is 1. The minimum atomic E-state index is -0.454. The number of nitro groups is 1. The summed E-state index contributed by atoms with van der Waals surface area (Å²) in [4.78, 5) is 16.6. The average molecular weight is 278 g/mol. The van der Waals surface area contributed by atoms with Gasteiger partial charge >= 0.3 is 0 Å². The van der Waals surface area contributed by atoms with E-state index in [9.17, 15) is 10.1 Å². The van der Waals surface area contributed by atoms with Crippen LogP contribution < -0.4 is 5.32 Å². The number of non-ortho nitro benzene ring substituents is 1. The van der Waals surface area contributed by atoms with Gasteiger partial charge in [0.05, 0.1) is 11.0 Å². The van der Waals surface area contributed by atoms with Crippen molar-refractivity contribution >= 4 is 22.8 Å². The summed E-state index contributed by atoms with van der Waals surface area (Å²) in [7, 11) is 3.99. The highest BCUT2D eigenvalue weighted by atomic mass is 16.6. The fourth-order valence-electron chi connectivity index (χ4n) is 1.55. The Balaban J connectivity index is 2.18. The van der Waals surface area contributed by atoms with E-state index >= 15 is 0 Å². The van der Waals surface area contributed by atoms with Crippen LogP contribution in [-0.4, -0.2) is 41.0 Å². The van der Waals surface area contributed by atoms with Gasteiger partial charge in [-0.15, -0.1) is 0 Å². The molecule has 7 nitrogen and oxygen atoms in total. The molecule has 0 radical (unpaired) electrons. The number of rotatable bonds is 5. The van der Waals surface area contributed by atoms with Gasteiger partial charge in [0.1, 0.15) is 5.52 Å². The molecule has 108 valence electrons. The first-order valence-electron chi connectivity index (χ1n) is 6.26. The number of aromatic nitrogens is 1. The molecule has 0 spiro atoms. The normalized spacial score (nSPS) is 12.1. The van der Waals surface area contributed by atoms with Crippen molar-refractivity contribution in [1.82, 2.24) is 9.88 Å². The van der Waals surface area contributed by atoms with E-state index < -0.39 is 4.92 Å². The van der Waals surface area contributed by atoms with Crippen LogP contribution in [0.1, 0.15) is 13.8 Å². The Morgan fingerprint density at radius 2 is 2.15 bits per heavy atom. The lowest BCUT2D eigenvalue weighted by molar-refractivity contribution is -0.384. The number of nitrogens with one attached hydrogen (secondary N) is 1. The van der Waals surface area contributed by atoms with Crippen molar-refractivity contribution in [3.05, 3.63) is 28.3 Å². The maximum absolute atomic E-state index is 10.7. The zero-order chi connectivity index (χ0) is 14.9. The monoisotopic (exact) mass is 278 g/mol. The molecular formula is C13H18N4O3. The summed E-state index contributed by atoms with van der Waals surface area (Å²) in [6, 6.07) is 4.75. The van der Waals surface area contributed by atoms with Crippen LogP contribution in [0.3, 0.4) is 0 Å². The van der Waals surface area contributed by atoms with E-state index in [0.29, 0.717) is 23.7 Å². The highest BCUT2D eigenvalue weighted by Gasteiger charge is 2.21. The van der Waals surface area contributed by atoms with Crippen LogP contribution in [0.5, 0.6) is 0 Å². The van der Waals surface area contributed by atoms with E-state index in [1.165, 1.54) is 12.1 Å². The van der Waals surface area contributed by atoms with E-state index in [0.717, 1.165) is 0 Å². The van der Waals surface area contributed by atoms with Crippen LogP contribution in [0.15, 0.2) is 22.6 Å². The lowest BCUT2D eigenvalue weighted by Crippen LogP contribution is -2.44. The van der Waals surface area contributed by atoms with Crippen LogP contribution in [0, 0.1) is 10.1 Å². The first kappa shape index (κ1) is 14.3. The molecule has 0 fully saturated rings.